The average molecular weight is 421 g/mol. The molecule has 0 saturated heterocycles. The maximum Gasteiger partial charge on any atom is 0.253 e. The topological polar surface area (TPSA) is 80.4 Å². The van der Waals surface area contributed by atoms with Crippen LogP contribution in [0.15, 0.2) is 27.5 Å². The van der Waals surface area contributed by atoms with Crippen LogP contribution in [0.5, 0.6) is 11.5 Å². The lowest BCUT2D eigenvalue weighted by atomic mass is 10.1. The van der Waals surface area contributed by atoms with Crippen molar-refractivity contribution in [3.8, 4) is 11.5 Å². The molecule has 0 aliphatic carbocycles. The SMILES string of the molecule is CCC1COc2cc(C(=O)NCc3c(C)cc(C)[nH]c3=O)cc(Br)c2O1. The molecular weight excluding hydrogens is 400 g/mol. The number of aryl methyl sites for hydroxylation is 2. The van der Waals surface area contributed by atoms with E-state index in [0.29, 0.717) is 33.7 Å². The molecule has 1 aliphatic rings. The second kappa shape index (κ2) is 7.53. The van der Waals surface area contributed by atoms with Crippen LogP contribution >= 0.6 is 15.9 Å². The van der Waals surface area contributed by atoms with Crippen LogP contribution in [0.1, 0.15) is 40.5 Å². The molecule has 7 heteroatoms. The third-order valence-corrected chi connectivity index (χ3v) is 4.94. The summed E-state index contributed by atoms with van der Waals surface area (Å²) in [6.45, 7) is 6.33. The Morgan fingerprint density at radius 1 is 1.35 bits per heavy atom. The second-order valence-electron chi connectivity index (χ2n) is 6.37. The molecule has 0 spiro atoms. The highest BCUT2D eigenvalue weighted by Gasteiger charge is 2.24. The summed E-state index contributed by atoms with van der Waals surface area (Å²) in [4.78, 5) is 27.3. The molecule has 26 heavy (non-hydrogen) atoms. The molecule has 1 unspecified atom stereocenters. The molecule has 2 aromatic rings. The van der Waals surface area contributed by atoms with Crippen molar-refractivity contribution in [3.63, 3.8) is 0 Å². The van der Waals surface area contributed by atoms with E-state index in [1.807, 2.05) is 26.8 Å². The molecule has 6 nitrogen and oxygen atoms in total. The molecule has 1 aromatic heterocycles. The molecule has 3 rings (SSSR count). The molecule has 0 radical (unpaired) electrons. The quantitative estimate of drug-likeness (QED) is 0.795. The number of aromatic amines is 1. The minimum atomic E-state index is -0.283. The van der Waals surface area contributed by atoms with Gasteiger partial charge in [0.1, 0.15) is 12.7 Å². The standard InChI is InChI=1S/C19H21BrN2O4/c1-4-13-9-25-16-7-12(6-15(20)17(16)26-13)18(23)21-8-14-10(2)5-11(3)22-19(14)24/h5-7,13H,4,8-9H2,1-3H3,(H,21,23)(H,22,24). The van der Waals surface area contributed by atoms with E-state index in [1.165, 1.54) is 0 Å². The van der Waals surface area contributed by atoms with Gasteiger partial charge < -0.3 is 19.8 Å². The molecular formula is C19H21BrN2O4. The average Bonchev–Trinajstić information content (AvgIpc) is 2.60. The van der Waals surface area contributed by atoms with Gasteiger partial charge in [-0.05, 0) is 60.0 Å². The van der Waals surface area contributed by atoms with Crippen molar-refractivity contribution in [2.24, 2.45) is 0 Å². The lowest BCUT2D eigenvalue weighted by molar-refractivity contribution is 0.0865. The van der Waals surface area contributed by atoms with Crippen molar-refractivity contribution >= 4 is 21.8 Å². The van der Waals surface area contributed by atoms with Crippen molar-refractivity contribution in [2.75, 3.05) is 6.61 Å². The molecule has 1 aromatic carbocycles. The van der Waals surface area contributed by atoms with Gasteiger partial charge in [0.25, 0.3) is 11.5 Å². The number of hydrogen-bond acceptors (Lipinski definition) is 4. The number of H-pyrrole nitrogens is 1. The summed E-state index contributed by atoms with van der Waals surface area (Å²) in [7, 11) is 0. The Hall–Kier alpha value is -2.28. The fourth-order valence-corrected chi connectivity index (χ4v) is 3.41. The van der Waals surface area contributed by atoms with E-state index in [-0.39, 0.29) is 24.1 Å². The number of amides is 1. The van der Waals surface area contributed by atoms with Gasteiger partial charge in [0.05, 0.1) is 4.47 Å². The van der Waals surface area contributed by atoms with E-state index in [1.54, 1.807) is 12.1 Å². The van der Waals surface area contributed by atoms with Gasteiger partial charge in [-0.25, -0.2) is 0 Å². The van der Waals surface area contributed by atoms with Gasteiger partial charge in [0.2, 0.25) is 0 Å². The highest BCUT2D eigenvalue weighted by atomic mass is 79.9. The smallest absolute Gasteiger partial charge is 0.253 e. The highest BCUT2D eigenvalue weighted by Crippen LogP contribution is 2.40. The van der Waals surface area contributed by atoms with Crippen LogP contribution in [0.3, 0.4) is 0 Å². The van der Waals surface area contributed by atoms with E-state index in [0.717, 1.165) is 17.7 Å². The van der Waals surface area contributed by atoms with Crippen LogP contribution in [0.25, 0.3) is 0 Å². The van der Waals surface area contributed by atoms with Crippen molar-refractivity contribution in [1.29, 1.82) is 0 Å². The van der Waals surface area contributed by atoms with Gasteiger partial charge in [0, 0.05) is 23.4 Å². The van der Waals surface area contributed by atoms with E-state index in [9.17, 15) is 9.59 Å². The van der Waals surface area contributed by atoms with Gasteiger partial charge in [0.15, 0.2) is 11.5 Å². The molecule has 1 atom stereocenters. The van der Waals surface area contributed by atoms with Gasteiger partial charge in [-0.15, -0.1) is 0 Å². The molecule has 0 bridgehead atoms. The van der Waals surface area contributed by atoms with Gasteiger partial charge in [-0.1, -0.05) is 6.92 Å². The molecule has 2 heterocycles. The predicted octanol–water partition coefficient (Wildman–Crippen LogP) is 3.23. The van der Waals surface area contributed by atoms with Gasteiger partial charge in [-0.3, -0.25) is 9.59 Å². The number of ether oxygens (including phenoxy) is 2. The molecule has 0 saturated carbocycles. The fraction of sp³-hybridized carbons (Fsp3) is 0.368. The molecule has 2 N–H and O–H groups in total. The minimum Gasteiger partial charge on any atom is -0.486 e. The van der Waals surface area contributed by atoms with E-state index < -0.39 is 0 Å². The van der Waals surface area contributed by atoms with Crippen molar-refractivity contribution in [2.45, 2.75) is 39.8 Å². The van der Waals surface area contributed by atoms with Crippen LogP contribution in [0.2, 0.25) is 0 Å². The summed E-state index contributed by atoms with van der Waals surface area (Å²) in [5.41, 5.74) is 2.45. The molecule has 0 fully saturated rings. The third kappa shape index (κ3) is 3.77. The maximum absolute atomic E-state index is 12.5. The lowest BCUT2D eigenvalue weighted by Crippen LogP contribution is -2.30. The monoisotopic (exact) mass is 420 g/mol. The van der Waals surface area contributed by atoms with Crippen LogP contribution in [0, 0.1) is 13.8 Å². The normalized spacial score (nSPS) is 15.6. The predicted molar refractivity (Wildman–Crippen MR) is 102 cm³/mol. The Bertz CT molecular complexity index is 907. The van der Waals surface area contributed by atoms with E-state index >= 15 is 0 Å². The zero-order valence-corrected chi connectivity index (χ0v) is 16.5. The highest BCUT2D eigenvalue weighted by molar-refractivity contribution is 9.10. The second-order valence-corrected chi connectivity index (χ2v) is 7.22. The lowest BCUT2D eigenvalue weighted by Gasteiger charge is -2.27. The Labute approximate surface area is 160 Å². The van der Waals surface area contributed by atoms with Crippen molar-refractivity contribution in [3.05, 3.63) is 55.4 Å². The number of rotatable bonds is 4. The van der Waals surface area contributed by atoms with Crippen LogP contribution in [-0.2, 0) is 6.54 Å². The van der Waals surface area contributed by atoms with Crippen LogP contribution in [-0.4, -0.2) is 23.6 Å². The first-order chi connectivity index (χ1) is 12.4. The molecule has 1 aliphatic heterocycles. The van der Waals surface area contributed by atoms with Crippen LogP contribution < -0.4 is 20.3 Å². The van der Waals surface area contributed by atoms with E-state index in [4.69, 9.17) is 9.47 Å². The summed E-state index contributed by atoms with van der Waals surface area (Å²) in [6.07, 6.45) is 0.855. The number of nitrogens with one attached hydrogen (secondary N) is 2. The first-order valence-corrected chi connectivity index (χ1v) is 9.29. The van der Waals surface area contributed by atoms with Crippen molar-refractivity contribution < 1.29 is 14.3 Å². The van der Waals surface area contributed by atoms with Crippen molar-refractivity contribution in [1.82, 2.24) is 10.3 Å². The number of aromatic nitrogens is 1. The number of carbonyl (C=O) groups excluding carboxylic acids is 1. The largest absolute Gasteiger partial charge is 0.486 e. The summed E-state index contributed by atoms with van der Waals surface area (Å²) in [5, 5.41) is 2.79. The first kappa shape index (κ1) is 18.5. The number of benzene rings is 1. The van der Waals surface area contributed by atoms with Gasteiger partial charge in [-0.2, -0.15) is 0 Å². The summed E-state index contributed by atoms with van der Waals surface area (Å²) in [6, 6.07) is 5.24. The summed E-state index contributed by atoms with van der Waals surface area (Å²) < 4.78 is 12.3. The Morgan fingerprint density at radius 3 is 2.81 bits per heavy atom. The first-order valence-electron chi connectivity index (χ1n) is 8.49. The summed E-state index contributed by atoms with van der Waals surface area (Å²) >= 11 is 3.45. The molecule has 1 amide bonds. The number of carbonyl (C=O) groups is 1. The number of halogens is 1. The van der Waals surface area contributed by atoms with Crippen LogP contribution in [0.4, 0.5) is 0 Å². The van der Waals surface area contributed by atoms with E-state index in [2.05, 4.69) is 26.2 Å². The Balaban J connectivity index is 1.77. The Kier molecular flexibility index (Phi) is 5.36. The zero-order valence-electron chi connectivity index (χ0n) is 14.9. The third-order valence-electron chi connectivity index (χ3n) is 4.36. The maximum atomic E-state index is 12.5. The number of pyridine rings is 1. The minimum absolute atomic E-state index is 0.00899. The zero-order chi connectivity index (χ0) is 18.8. The number of hydrogen-bond donors (Lipinski definition) is 2. The Morgan fingerprint density at radius 2 is 2.12 bits per heavy atom. The summed E-state index contributed by atoms with van der Waals surface area (Å²) in [5.74, 6) is 0.873. The fourth-order valence-electron chi connectivity index (χ4n) is 2.88. The number of fused-ring (bicyclic) bond motifs is 1. The molecule has 138 valence electrons. The van der Waals surface area contributed by atoms with Gasteiger partial charge >= 0.3 is 0 Å².